The zero-order chi connectivity index (χ0) is 23.3. The van der Waals surface area contributed by atoms with Crippen molar-refractivity contribution >= 4 is 23.3 Å². The number of rotatable bonds is 4. The van der Waals surface area contributed by atoms with Crippen molar-refractivity contribution in [3.05, 3.63) is 80.1 Å². The number of aromatic carboxylic acids is 1. The van der Waals surface area contributed by atoms with Gasteiger partial charge in [-0.1, -0.05) is 11.6 Å². The van der Waals surface area contributed by atoms with Crippen LogP contribution in [0.3, 0.4) is 0 Å². The van der Waals surface area contributed by atoms with Crippen LogP contribution < -0.4 is 4.74 Å². The third-order valence-corrected chi connectivity index (χ3v) is 4.01. The molecular weight excluding hydrogens is 443 g/mol. The Morgan fingerprint density at radius 3 is 2.29 bits per heavy atom. The Morgan fingerprint density at radius 2 is 1.87 bits per heavy atom. The van der Waals surface area contributed by atoms with Crippen LogP contribution in [0.4, 0.5) is 18.9 Å². The summed E-state index contributed by atoms with van der Waals surface area (Å²) < 4.78 is 42.9. The summed E-state index contributed by atoms with van der Waals surface area (Å²) in [6.45, 7) is 3.95. The van der Waals surface area contributed by atoms with Crippen molar-refractivity contribution in [2.75, 3.05) is 0 Å². The molecule has 8 nitrogen and oxygen atoms in total. The van der Waals surface area contributed by atoms with Crippen molar-refractivity contribution in [1.82, 2.24) is 10.2 Å². The van der Waals surface area contributed by atoms with Crippen LogP contribution in [-0.2, 0) is 6.18 Å². The lowest BCUT2D eigenvalue weighted by Crippen LogP contribution is -2.05. The normalized spacial score (nSPS) is 10.8. The Bertz CT molecular complexity index is 1100. The maximum atomic E-state index is 12.6. The Labute approximate surface area is 178 Å². The molecule has 164 valence electrons. The molecule has 1 aromatic heterocycles. The first-order chi connectivity index (χ1) is 14.4. The second-order valence-corrected chi connectivity index (χ2v) is 6.59. The largest absolute Gasteiger partial charge is 0.477 e. The molecule has 0 aliphatic rings. The lowest BCUT2D eigenvalue weighted by Gasteiger charge is -2.11. The van der Waals surface area contributed by atoms with E-state index >= 15 is 0 Å². The number of carboxylic acid groups (broad SMARTS) is 1. The predicted octanol–water partition coefficient (Wildman–Crippen LogP) is 5.78. The summed E-state index contributed by atoms with van der Waals surface area (Å²) in [5, 5.41) is 26.1. The molecule has 0 aliphatic heterocycles. The average molecular weight is 458 g/mol. The van der Waals surface area contributed by atoms with Gasteiger partial charge in [0.05, 0.1) is 21.2 Å². The molecule has 31 heavy (non-hydrogen) atoms. The first-order valence-corrected chi connectivity index (χ1v) is 8.81. The van der Waals surface area contributed by atoms with E-state index in [0.717, 1.165) is 41.7 Å². The van der Waals surface area contributed by atoms with E-state index in [9.17, 15) is 28.1 Å². The number of halogens is 4. The summed E-state index contributed by atoms with van der Waals surface area (Å²) in [5.41, 5.74) is -0.0707. The molecule has 0 saturated heterocycles. The standard InChI is InChI=1S/C14H7ClF3NO5.C5H8N2/c15-10-5-7(14(16,17)18)1-4-12(10)24-8-2-3-11(19(22)23)9(6-8)13(20)21;1-4-3-5(2)7-6-4/h1-6H,(H,20,21);3H,1-2H3,(H,6,7). The zero-order valence-corrected chi connectivity index (χ0v) is 16.8. The molecule has 2 N–H and O–H groups in total. The average Bonchev–Trinajstić information content (AvgIpc) is 3.05. The van der Waals surface area contributed by atoms with Gasteiger partial charge in [-0.15, -0.1) is 0 Å². The first-order valence-electron chi connectivity index (χ1n) is 8.43. The maximum absolute atomic E-state index is 12.6. The number of aromatic nitrogens is 2. The van der Waals surface area contributed by atoms with Crippen molar-refractivity contribution in [1.29, 1.82) is 0 Å². The molecule has 0 fully saturated rings. The van der Waals surface area contributed by atoms with Crippen molar-refractivity contribution in [3.8, 4) is 11.5 Å². The second kappa shape index (κ2) is 9.47. The Morgan fingerprint density at radius 1 is 1.19 bits per heavy atom. The van der Waals surface area contributed by atoms with Gasteiger partial charge in [0.1, 0.15) is 17.1 Å². The molecule has 3 rings (SSSR count). The summed E-state index contributed by atoms with van der Waals surface area (Å²) >= 11 is 5.72. The number of nitrogens with zero attached hydrogens (tertiary/aromatic N) is 2. The number of hydrogen-bond acceptors (Lipinski definition) is 5. The van der Waals surface area contributed by atoms with E-state index in [-0.39, 0.29) is 16.5 Å². The highest BCUT2D eigenvalue weighted by Gasteiger charge is 2.31. The van der Waals surface area contributed by atoms with Gasteiger partial charge < -0.3 is 9.84 Å². The summed E-state index contributed by atoms with van der Waals surface area (Å²) in [5.74, 6) is -1.83. The Kier molecular flexibility index (Phi) is 7.24. The second-order valence-electron chi connectivity index (χ2n) is 6.18. The van der Waals surface area contributed by atoms with E-state index in [1.54, 1.807) is 0 Å². The minimum absolute atomic E-state index is 0.125. The number of carboxylic acids is 1. The molecule has 0 radical (unpaired) electrons. The third kappa shape index (κ3) is 6.44. The number of nitro groups is 1. The number of alkyl halides is 3. The number of aryl methyl sites for hydroxylation is 2. The highest BCUT2D eigenvalue weighted by atomic mass is 35.5. The van der Waals surface area contributed by atoms with Gasteiger partial charge in [0.2, 0.25) is 0 Å². The molecule has 0 saturated carbocycles. The summed E-state index contributed by atoms with van der Waals surface area (Å²) in [6, 6.07) is 7.27. The van der Waals surface area contributed by atoms with Gasteiger partial charge in [-0.3, -0.25) is 15.2 Å². The quantitative estimate of drug-likeness (QED) is 0.378. The fraction of sp³-hybridized carbons (Fsp3) is 0.158. The summed E-state index contributed by atoms with van der Waals surface area (Å²) in [4.78, 5) is 20.9. The van der Waals surface area contributed by atoms with E-state index in [1.165, 1.54) is 0 Å². The Balaban J connectivity index is 0.000000412. The van der Waals surface area contributed by atoms with Crippen LogP contribution in [-0.4, -0.2) is 26.2 Å². The minimum Gasteiger partial charge on any atom is -0.477 e. The van der Waals surface area contributed by atoms with Crippen molar-refractivity contribution < 1.29 is 32.7 Å². The highest BCUT2D eigenvalue weighted by molar-refractivity contribution is 6.32. The van der Waals surface area contributed by atoms with Crippen LogP contribution in [0.2, 0.25) is 5.02 Å². The van der Waals surface area contributed by atoms with Crippen molar-refractivity contribution in [3.63, 3.8) is 0 Å². The fourth-order valence-corrected chi connectivity index (χ4v) is 2.57. The molecule has 1 heterocycles. The minimum atomic E-state index is -4.58. The number of nitrogens with one attached hydrogen (secondary N) is 1. The lowest BCUT2D eigenvalue weighted by atomic mass is 10.1. The van der Waals surface area contributed by atoms with Crippen LogP contribution in [0.5, 0.6) is 11.5 Å². The van der Waals surface area contributed by atoms with E-state index < -0.39 is 33.9 Å². The number of H-pyrrole nitrogens is 1. The SMILES string of the molecule is Cc1cc(C)[nH]n1.O=C(O)c1cc(Oc2ccc(C(F)(F)F)cc2Cl)ccc1[N+](=O)[O-]. The lowest BCUT2D eigenvalue weighted by molar-refractivity contribution is -0.385. The first kappa shape index (κ1) is 23.7. The molecule has 12 heteroatoms. The van der Waals surface area contributed by atoms with Crippen molar-refractivity contribution in [2.24, 2.45) is 0 Å². The number of aromatic amines is 1. The highest BCUT2D eigenvalue weighted by Crippen LogP contribution is 2.37. The van der Waals surface area contributed by atoms with Crippen LogP contribution >= 0.6 is 11.6 Å². The van der Waals surface area contributed by atoms with E-state index in [2.05, 4.69) is 10.2 Å². The monoisotopic (exact) mass is 457 g/mol. The molecule has 0 spiro atoms. The molecule has 0 amide bonds. The Hall–Kier alpha value is -3.60. The maximum Gasteiger partial charge on any atom is 0.416 e. The summed E-state index contributed by atoms with van der Waals surface area (Å²) in [6.07, 6.45) is -4.58. The van der Waals surface area contributed by atoms with Gasteiger partial charge in [-0.2, -0.15) is 18.3 Å². The molecular formula is C19H15ClF3N3O5. The van der Waals surface area contributed by atoms with Crippen LogP contribution in [0.1, 0.15) is 27.3 Å². The fourth-order valence-electron chi connectivity index (χ4n) is 2.35. The van der Waals surface area contributed by atoms with Gasteiger partial charge in [-0.25, -0.2) is 4.79 Å². The number of nitro benzene ring substituents is 1. The van der Waals surface area contributed by atoms with E-state index in [0.29, 0.717) is 6.07 Å². The van der Waals surface area contributed by atoms with Gasteiger partial charge in [0, 0.05) is 17.8 Å². The molecule has 3 aromatic rings. The molecule has 2 aromatic carbocycles. The zero-order valence-electron chi connectivity index (χ0n) is 16.0. The molecule has 0 bridgehead atoms. The van der Waals surface area contributed by atoms with Crippen LogP contribution in [0.15, 0.2) is 42.5 Å². The van der Waals surface area contributed by atoms with Gasteiger partial charge in [-0.05, 0) is 44.2 Å². The molecule has 0 unspecified atom stereocenters. The smallest absolute Gasteiger partial charge is 0.416 e. The van der Waals surface area contributed by atoms with Gasteiger partial charge in [0.25, 0.3) is 5.69 Å². The number of ether oxygens (including phenoxy) is 1. The topological polar surface area (TPSA) is 118 Å². The predicted molar refractivity (Wildman–Crippen MR) is 105 cm³/mol. The summed E-state index contributed by atoms with van der Waals surface area (Å²) in [7, 11) is 0. The number of benzene rings is 2. The van der Waals surface area contributed by atoms with Crippen molar-refractivity contribution in [2.45, 2.75) is 20.0 Å². The molecule has 0 atom stereocenters. The van der Waals surface area contributed by atoms with E-state index in [4.69, 9.17) is 21.4 Å². The van der Waals surface area contributed by atoms with E-state index in [1.807, 2.05) is 19.9 Å². The van der Waals surface area contributed by atoms with Gasteiger partial charge in [0.15, 0.2) is 0 Å². The number of hydrogen-bond donors (Lipinski definition) is 2. The third-order valence-electron chi connectivity index (χ3n) is 3.72. The number of carbonyl (C=O) groups is 1. The van der Waals surface area contributed by atoms with Crippen LogP contribution in [0, 0.1) is 24.0 Å². The molecule has 0 aliphatic carbocycles. The van der Waals surface area contributed by atoms with Gasteiger partial charge >= 0.3 is 12.1 Å². The van der Waals surface area contributed by atoms with Crippen LogP contribution in [0.25, 0.3) is 0 Å².